The van der Waals surface area contributed by atoms with Gasteiger partial charge >= 0.3 is 0 Å². The van der Waals surface area contributed by atoms with Crippen LogP contribution in [0.5, 0.6) is 0 Å². The molecule has 0 bridgehead atoms. The highest BCUT2D eigenvalue weighted by Gasteiger charge is 2.27. The molecule has 2 saturated heterocycles. The van der Waals surface area contributed by atoms with Crippen LogP contribution in [0.4, 0.5) is 11.5 Å². The Hall–Kier alpha value is -3.28. The maximum Gasteiger partial charge on any atom is 0.272 e. The molecular weight excluding hydrogens is 486 g/mol. The number of hydrogen-bond acceptors (Lipinski definition) is 9. The standard InChI is InChI=1S/C27H39N7O4/c1-20(2)30-22-6-5-9-28-25(22)32-14-16-34(17-15-32)27(36)23-8-7-21(18-29-23)26(35)33-12-10-31(11-13-33)19-24(37-3)38-4/h5-9,18,20,24,30H,10-17,19H2,1-4H3. The van der Waals surface area contributed by atoms with Crippen molar-refractivity contribution < 1.29 is 19.1 Å². The molecule has 38 heavy (non-hydrogen) atoms. The minimum absolute atomic E-state index is 0.0685. The summed E-state index contributed by atoms with van der Waals surface area (Å²) in [6.07, 6.45) is 3.04. The number of piperazine rings is 2. The summed E-state index contributed by atoms with van der Waals surface area (Å²) >= 11 is 0. The van der Waals surface area contributed by atoms with Crippen LogP contribution in [-0.2, 0) is 9.47 Å². The Morgan fingerprint density at radius 3 is 2.16 bits per heavy atom. The van der Waals surface area contributed by atoms with Crippen LogP contribution in [-0.4, -0.2) is 122 Å². The number of nitrogens with zero attached hydrogens (tertiary/aromatic N) is 6. The molecule has 2 fully saturated rings. The van der Waals surface area contributed by atoms with Crippen molar-refractivity contribution in [1.29, 1.82) is 0 Å². The first-order valence-electron chi connectivity index (χ1n) is 13.2. The van der Waals surface area contributed by atoms with Crippen molar-refractivity contribution in [2.75, 3.05) is 83.3 Å². The van der Waals surface area contributed by atoms with Crippen LogP contribution in [0.3, 0.4) is 0 Å². The lowest BCUT2D eigenvalue weighted by Gasteiger charge is -2.36. The van der Waals surface area contributed by atoms with E-state index in [9.17, 15) is 9.59 Å². The van der Waals surface area contributed by atoms with Crippen LogP contribution >= 0.6 is 0 Å². The van der Waals surface area contributed by atoms with Gasteiger partial charge in [-0.1, -0.05) is 0 Å². The van der Waals surface area contributed by atoms with Gasteiger partial charge in [0.25, 0.3) is 11.8 Å². The second-order valence-corrected chi connectivity index (χ2v) is 9.88. The van der Waals surface area contributed by atoms with Gasteiger partial charge in [-0.2, -0.15) is 0 Å². The Labute approximate surface area is 224 Å². The molecule has 0 aromatic carbocycles. The number of carbonyl (C=O) groups excluding carboxylic acids is 2. The fourth-order valence-corrected chi connectivity index (χ4v) is 4.78. The van der Waals surface area contributed by atoms with Gasteiger partial charge in [-0.3, -0.25) is 19.5 Å². The zero-order chi connectivity index (χ0) is 27.1. The van der Waals surface area contributed by atoms with E-state index < -0.39 is 0 Å². The van der Waals surface area contributed by atoms with Crippen molar-refractivity contribution in [3.63, 3.8) is 0 Å². The highest BCUT2D eigenvalue weighted by atomic mass is 16.7. The number of anilines is 2. The van der Waals surface area contributed by atoms with Crippen molar-refractivity contribution in [3.8, 4) is 0 Å². The molecule has 4 heterocycles. The molecule has 2 aliphatic rings. The van der Waals surface area contributed by atoms with Gasteiger partial charge in [0.2, 0.25) is 0 Å². The van der Waals surface area contributed by atoms with Gasteiger partial charge < -0.3 is 29.5 Å². The van der Waals surface area contributed by atoms with Crippen molar-refractivity contribution in [3.05, 3.63) is 47.9 Å². The van der Waals surface area contributed by atoms with Gasteiger partial charge in [0.1, 0.15) is 5.69 Å². The zero-order valence-electron chi connectivity index (χ0n) is 22.8. The summed E-state index contributed by atoms with van der Waals surface area (Å²) < 4.78 is 10.5. The molecule has 0 spiro atoms. The van der Waals surface area contributed by atoms with Crippen LogP contribution in [0.1, 0.15) is 34.7 Å². The first-order valence-corrected chi connectivity index (χ1v) is 13.2. The topological polar surface area (TPSA) is 103 Å². The lowest BCUT2D eigenvalue weighted by atomic mass is 10.2. The average molecular weight is 526 g/mol. The van der Waals surface area contributed by atoms with Crippen molar-refractivity contribution in [2.45, 2.75) is 26.2 Å². The van der Waals surface area contributed by atoms with Crippen LogP contribution in [0, 0.1) is 0 Å². The monoisotopic (exact) mass is 525 g/mol. The molecule has 11 nitrogen and oxygen atoms in total. The SMILES string of the molecule is COC(CN1CCN(C(=O)c2ccc(C(=O)N3CCN(c4ncccc4NC(C)C)CC3)nc2)CC1)OC. The number of carbonyl (C=O) groups is 2. The molecule has 2 aromatic heterocycles. The number of rotatable bonds is 9. The lowest BCUT2D eigenvalue weighted by Crippen LogP contribution is -2.50. The molecule has 11 heteroatoms. The van der Waals surface area contributed by atoms with E-state index in [0.717, 1.165) is 24.6 Å². The van der Waals surface area contributed by atoms with E-state index in [4.69, 9.17) is 9.47 Å². The molecule has 0 radical (unpaired) electrons. The Morgan fingerprint density at radius 2 is 1.55 bits per heavy atom. The zero-order valence-corrected chi connectivity index (χ0v) is 22.8. The van der Waals surface area contributed by atoms with E-state index in [1.54, 1.807) is 32.5 Å². The summed E-state index contributed by atoms with van der Waals surface area (Å²) in [5.41, 5.74) is 1.84. The third kappa shape index (κ3) is 6.77. The third-order valence-corrected chi connectivity index (χ3v) is 6.92. The summed E-state index contributed by atoms with van der Waals surface area (Å²) in [5.74, 6) is 0.720. The quantitative estimate of drug-likeness (QED) is 0.490. The maximum absolute atomic E-state index is 13.1. The fourth-order valence-electron chi connectivity index (χ4n) is 4.78. The summed E-state index contributed by atoms with van der Waals surface area (Å²) in [4.78, 5) is 43.1. The molecule has 4 rings (SSSR count). The largest absolute Gasteiger partial charge is 0.380 e. The third-order valence-electron chi connectivity index (χ3n) is 6.92. The smallest absolute Gasteiger partial charge is 0.272 e. The van der Waals surface area contributed by atoms with Gasteiger partial charge in [0.15, 0.2) is 12.1 Å². The number of amides is 2. The van der Waals surface area contributed by atoms with Gasteiger partial charge in [0, 0.05) is 91.6 Å². The average Bonchev–Trinajstić information content (AvgIpc) is 2.95. The van der Waals surface area contributed by atoms with Gasteiger partial charge in [-0.15, -0.1) is 0 Å². The molecule has 0 atom stereocenters. The molecule has 2 aromatic rings. The Kier molecular flexibility index (Phi) is 9.48. The molecular formula is C27H39N7O4. The minimum atomic E-state index is -0.274. The predicted octanol–water partition coefficient (Wildman–Crippen LogP) is 1.64. The Bertz CT molecular complexity index is 1060. The van der Waals surface area contributed by atoms with Crippen molar-refractivity contribution in [1.82, 2.24) is 24.7 Å². The molecule has 2 amide bonds. The summed E-state index contributed by atoms with van der Waals surface area (Å²) in [5, 5.41) is 3.44. The first-order chi connectivity index (χ1) is 18.4. The van der Waals surface area contributed by atoms with Gasteiger partial charge in [0.05, 0.1) is 11.3 Å². The normalized spacial score (nSPS) is 16.8. The Morgan fingerprint density at radius 1 is 0.895 bits per heavy atom. The summed E-state index contributed by atoms with van der Waals surface area (Å²) in [7, 11) is 3.25. The molecule has 206 valence electrons. The number of methoxy groups -OCH3 is 2. The number of aromatic nitrogens is 2. The Balaban J connectivity index is 1.29. The maximum atomic E-state index is 13.1. The van der Waals surface area contributed by atoms with Crippen molar-refractivity contribution >= 4 is 23.3 Å². The molecule has 0 saturated carbocycles. The molecule has 0 unspecified atom stereocenters. The number of ether oxygens (including phenoxy) is 2. The van der Waals surface area contributed by atoms with E-state index in [2.05, 4.69) is 38.9 Å². The second kappa shape index (κ2) is 13.0. The molecule has 1 N–H and O–H groups in total. The molecule has 2 aliphatic heterocycles. The number of hydrogen-bond donors (Lipinski definition) is 1. The number of pyridine rings is 2. The van der Waals surface area contributed by atoms with Crippen LogP contribution in [0.15, 0.2) is 36.7 Å². The van der Waals surface area contributed by atoms with Crippen molar-refractivity contribution in [2.24, 2.45) is 0 Å². The van der Waals surface area contributed by atoms with E-state index >= 15 is 0 Å². The lowest BCUT2D eigenvalue weighted by molar-refractivity contribution is -0.118. The van der Waals surface area contributed by atoms with Crippen LogP contribution in [0.2, 0.25) is 0 Å². The van der Waals surface area contributed by atoms with E-state index in [0.29, 0.717) is 63.1 Å². The van der Waals surface area contributed by atoms with Crippen LogP contribution in [0.25, 0.3) is 0 Å². The van der Waals surface area contributed by atoms with E-state index in [1.165, 1.54) is 6.20 Å². The minimum Gasteiger partial charge on any atom is -0.380 e. The predicted molar refractivity (Wildman–Crippen MR) is 145 cm³/mol. The highest BCUT2D eigenvalue weighted by molar-refractivity contribution is 5.96. The highest BCUT2D eigenvalue weighted by Crippen LogP contribution is 2.25. The molecule has 0 aliphatic carbocycles. The summed E-state index contributed by atoms with van der Waals surface area (Å²) in [6.45, 7) is 10.1. The van der Waals surface area contributed by atoms with Crippen LogP contribution < -0.4 is 10.2 Å². The number of nitrogens with one attached hydrogen (secondary N) is 1. The second-order valence-electron chi connectivity index (χ2n) is 9.88. The summed E-state index contributed by atoms with van der Waals surface area (Å²) in [6, 6.07) is 7.62. The first kappa shape index (κ1) is 27.7. The van der Waals surface area contributed by atoms with Gasteiger partial charge in [-0.25, -0.2) is 4.98 Å². The van der Waals surface area contributed by atoms with E-state index in [1.807, 2.05) is 21.9 Å². The fraction of sp³-hybridized carbons (Fsp3) is 0.556. The van der Waals surface area contributed by atoms with E-state index in [-0.39, 0.29) is 18.1 Å². The van der Waals surface area contributed by atoms with Gasteiger partial charge in [-0.05, 0) is 38.1 Å².